The molecule has 1 aromatic rings. The summed E-state index contributed by atoms with van der Waals surface area (Å²) >= 11 is 0. The van der Waals surface area contributed by atoms with E-state index in [-0.39, 0.29) is 11.1 Å². The van der Waals surface area contributed by atoms with Gasteiger partial charge in [-0.15, -0.1) is 0 Å². The Labute approximate surface area is 64.8 Å². The van der Waals surface area contributed by atoms with Crippen molar-refractivity contribution >= 4 is 0 Å². The third-order valence-electron chi connectivity index (χ3n) is 1.30. The minimum Gasteiger partial charge on any atom is -0.243 e. The Balaban J connectivity index is 3.15. The average molecular weight is 151 g/mol. The van der Waals surface area contributed by atoms with Crippen LogP contribution in [0.5, 0.6) is 0 Å². The van der Waals surface area contributed by atoms with Crippen molar-refractivity contribution in [2.24, 2.45) is 0 Å². The van der Waals surface area contributed by atoms with Crippen LogP contribution < -0.4 is 0 Å². The first-order valence-electron chi connectivity index (χ1n) is 3.29. The van der Waals surface area contributed by atoms with Crippen molar-refractivity contribution in [2.45, 2.75) is 26.2 Å². The van der Waals surface area contributed by atoms with Crippen LogP contribution in [-0.4, -0.2) is 10.3 Å². The van der Waals surface area contributed by atoms with Gasteiger partial charge in [-0.25, -0.2) is 4.63 Å². The molecule has 0 atom stereocenters. The van der Waals surface area contributed by atoms with Crippen LogP contribution in [0.25, 0.3) is 0 Å². The Kier molecular flexibility index (Phi) is 1.65. The summed E-state index contributed by atoms with van der Waals surface area (Å²) in [5.74, 6) is 0. The smallest absolute Gasteiger partial charge is 0.208 e. The number of rotatable bonds is 0. The normalized spacial score (nSPS) is 11.1. The quantitative estimate of drug-likeness (QED) is 0.559. The van der Waals surface area contributed by atoms with Crippen LogP contribution >= 0.6 is 0 Å². The monoisotopic (exact) mass is 151 g/mol. The standard InChI is InChI=1S/C7H9N3O/c1-7(2,3)6-5(4-8)9-11-10-6/h1-3H3. The minimum atomic E-state index is -0.176. The molecule has 0 fully saturated rings. The predicted molar refractivity (Wildman–Crippen MR) is 37.7 cm³/mol. The van der Waals surface area contributed by atoms with Crippen LogP contribution in [0.1, 0.15) is 32.2 Å². The summed E-state index contributed by atoms with van der Waals surface area (Å²) < 4.78 is 4.44. The summed E-state index contributed by atoms with van der Waals surface area (Å²) in [5, 5.41) is 15.7. The third kappa shape index (κ3) is 1.37. The first kappa shape index (κ1) is 7.73. The lowest BCUT2D eigenvalue weighted by Gasteiger charge is -2.12. The fourth-order valence-electron chi connectivity index (χ4n) is 0.754. The van der Waals surface area contributed by atoms with E-state index in [1.54, 1.807) is 0 Å². The molecule has 1 aromatic heterocycles. The highest BCUT2D eigenvalue weighted by Crippen LogP contribution is 2.21. The second-order valence-electron chi connectivity index (χ2n) is 3.32. The molecule has 0 aliphatic carbocycles. The second kappa shape index (κ2) is 2.35. The maximum absolute atomic E-state index is 8.56. The van der Waals surface area contributed by atoms with E-state index in [0.29, 0.717) is 5.69 Å². The van der Waals surface area contributed by atoms with Gasteiger partial charge in [0.15, 0.2) is 0 Å². The molecular formula is C7H9N3O. The van der Waals surface area contributed by atoms with Crippen molar-refractivity contribution in [3.63, 3.8) is 0 Å². The van der Waals surface area contributed by atoms with Crippen LogP contribution in [-0.2, 0) is 5.41 Å². The van der Waals surface area contributed by atoms with Gasteiger partial charge >= 0.3 is 0 Å². The van der Waals surface area contributed by atoms with Crippen molar-refractivity contribution in [3.8, 4) is 6.07 Å². The zero-order chi connectivity index (χ0) is 8.48. The van der Waals surface area contributed by atoms with Gasteiger partial charge in [-0.3, -0.25) is 0 Å². The Bertz CT molecular complexity index is 289. The number of nitrogens with zero attached hydrogens (tertiary/aromatic N) is 3. The molecule has 0 N–H and O–H groups in total. The van der Waals surface area contributed by atoms with E-state index in [1.165, 1.54) is 0 Å². The zero-order valence-corrected chi connectivity index (χ0v) is 6.75. The van der Waals surface area contributed by atoms with E-state index in [1.807, 2.05) is 26.8 Å². The van der Waals surface area contributed by atoms with Crippen LogP contribution in [0.4, 0.5) is 0 Å². The first-order valence-corrected chi connectivity index (χ1v) is 3.29. The molecule has 0 unspecified atom stereocenters. The summed E-state index contributed by atoms with van der Waals surface area (Å²) in [6, 6.07) is 1.91. The maximum Gasteiger partial charge on any atom is 0.208 e. The molecule has 4 heteroatoms. The highest BCUT2D eigenvalue weighted by molar-refractivity contribution is 5.27. The summed E-state index contributed by atoms with van der Waals surface area (Å²) in [5.41, 5.74) is 0.711. The summed E-state index contributed by atoms with van der Waals surface area (Å²) in [6.45, 7) is 5.86. The molecular weight excluding hydrogens is 142 g/mol. The van der Waals surface area contributed by atoms with E-state index in [4.69, 9.17) is 5.26 Å². The van der Waals surface area contributed by atoms with Gasteiger partial charge in [0.2, 0.25) is 5.69 Å². The van der Waals surface area contributed by atoms with E-state index in [9.17, 15) is 0 Å². The fourth-order valence-corrected chi connectivity index (χ4v) is 0.754. The summed E-state index contributed by atoms with van der Waals surface area (Å²) in [4.78, 5) is 0. The Hall–Kier alpha value is -1.37. The summed E-state index contributed by atoms with van der Waals surface area (Å²) in [7, 11) is 0. The van der Waals surface area contributed by atoms with Crippen molar-refractivity contribution in [1.29, 1.82) is 5.26 Å². The molecule has 0 radical (unpaired) electrons. The van der Waals surface area contributed by atoms with Crippen LogP contribution in [0.15, 0.2) is 4.63 Å². The van der Waals surface area contributed by atoms with Gasteiger partial charge in [-0.05, 0) is 5.16 Å². The van der Waals surface area contributed by atoms with Crippen LogP contribution in [0.2, 0.25) is 0 Å². The average Bonchev–Trinajstić information content (AvgIpc) is 2.31. The highest BCUT2D eigenvalue weighted by Gasteiger charge is 2.23. The fraction of sp³-hybridized carbons (Fsp3) is 0.571. The van der Waals surface area contributed by atoms with Gasteiger partial charge in [0, 0.05) is 5.41 Å². The maximum atomic E-state index is 8.56. The first-order chi connectivity index (χ1) is 5.05. The Morgan fingerprint density at radius 3 is 2.36 bits per heavy atom. The van der Waals surface area contributed by atoms with E-state index < -0.39 is 0 Å². The molecule has 0 saturated heterocycles. The molecule has 1 heterocycles. The molecule has 4 nitrogen and oxygen atoms in total. The highest BCUT2D eigenvalue weighted by atomic mass is 16.6. The molecule has 0 aliphatic rings. The lowest BCUT2D eigenvalue weighted by atomic mass is 9.91. The Morgan fingerprint density at radius 2 is 2.00 bits per heavy atom. The lowest BCUT2D eigenvalue weighted by molar-refractivity contribution is 0.296. The second-order valence-corrected chi connectivity index (χ2v) is 3.32. The Morgan fingerprint density at radius 1 is 1.36 bits per heavy atom. The van der Waals surface area contributed by atoms with Gasteiger partial charge in [0.1, 0.15) is 11.8 Å². The molecule has 0 aliphatic heterocycles. The molecule has 1 rings (SSSR count). The van der Waals surface area contributed by atoms with Crippen molar-refractivity contribution < 1.29 is 4.63 Å². The molecule has 0 amide bonds. The van der Waals surface area contributed by atoms with Crippen molar-refractivity contribution in [3.05, 3.63) is 11.4 Å². The van der Waals surface area contributed by atoms with Gasteiger partial charge in [-0.2, -0.15) is 5.26 Å². The number of aromatic nitrogens is 2. The van der Waals surface area contributed by atoms with E-state index >= 15 is 0 Å². The third-order valence-corrected chi connectivity index (χ3v) is 1.30. The molecule has 0 saturated carbocycles. The number of hydrogen-bond donors (Lipinski definition) is 0. The van der Waals surface area contributed by atoms with Gasteiger partial charge in [-0.1, -0.05) is 25.9 Å². The largest absolute Gasteiger partial charge is 0.243 e. The molecule has 0 spiro atoms. The topological polar surface area (TPSA) is 62.7 Å². The summed E-state index contributed by atoms with van der Waals surface area (Å²) in [6.07, 6.45) is 0. The van der Waals surface area contributed by atoms with Gasteiger partial charge in [0.25, 0.3) is 0 Å². The number of nitriles is 1. The molecule has 0 bridgehead atoms. The lowest BCUT2D eigenvalue weighted by Crippen LogP contribution is -2.13. The minimum absolute atomic E-state index is 0.176. The molecule has 58 valence electrons. The van der Waals surface area contributed by atoms with E-state index in [2.05, 4.69) is 14.9 Å². The van der Waals surface area contributed by atoms with E-state index in [0.717, 1.165) is 0 Å². The molecule has 0 aromatic carbocycles. The van der Waals surface area contributed by atoms with Gasteiger partial charge < -0.3 is 0 Å². The number of hydrogen-bond acceptors (Lipinski definition) is 4. The SMILES string of the molecule is CC(C)(C)c1nonc1C#N. The van der Waals surface area contributed by atoms with Crippen molar-refractivity contribution in [1.82, 2.24) is 10.3 Å². The molecule has 11 heavy (non-hydrogen) atoms. The predicted octanol–water partition coefficient (Wildman–Crippen LogP) is 1.24. The zero-order valence-electron chi connectivity index (χ0n) is 6.75. The van der Waals surface area contributed by atoms with Gasteiger partial charge in [0.05, 0.1) is 0 Å². The van der Waals surface area contributed by atoms with Crippen LogP contribution in [0.3, 0.4) is 0 Å². The van der Waals surface area contributed by atoms with Crippen LogP contribution in [0, 0.1) is 11.3 Å². The van der Waals surface area contributed by atoms with Crippen molar-refractivity contribution in [2.75, 3.05) is 0 Å².